The van der Waals surface area contributed by atoms with Gasteiger partial charge in [-0.05, 0) is 50.2 Å². The molecule has 0 amide bonds. The molecule has 0 atom stereocenters. The summed E-state index contributed by atoms with van der Waals surface area (Å²) in [6.45, 7) is 3.11. The number of rotatable bonds is 4. The monoisotopic (exact) mass is 329 g/mol. The molecule has 0 unspecified atom stereocenters. The number of fused-ring (bicyclic) bond motifs is 1. The maximum Gasteiger partial charge on any atom is 0.235 e. The lowest BCUT2D eigenvalue weighted by Gasteiger charge is -2.25. The van der Waals surface area contributed by atoms with Crippen molar-refractivity contribution in [2.24, 2.45) is 0 Å². The zero-order valence-electron chi connectivity index (χ0n) is 13.1. The van der Waals surface area contributed by atoms with Crippen LogP contribution in [0.2, 0.25) is 0 Å². The van der Waals surface area contributed by atoms with Crippen LogP contribution in [0.4, 0.5) is 0 Å². The van der Waals surface area contributed by atoms with Crippen molar-refractivity contribution in [2.45, 2.75) is 25.8 Å². The first-order valence-corrected chi connectivity index (χ1v) is 8.73. The largest absolute Gasteiger partial charge is 0.497 e. The summed E-state index contributed by atoms with van der Waals surface area (Å²) in [5, 5.41) is 14.3. The molecule has 0 N–H and O–H groups in total. The molecule has 0 bridgehead atoms. The minimum Gasteiger partial charge on any atom is -0.497 e. The number of benzene rings is 1. The van der Waals surface area contributed by atoms with Gasteiger partial charge < -0.3 is 4.74 Å². The number of aromatic nitrogens is 4. The van der Waals surface area contributed by atoms with Gasteiger partial charge in [0.15, 0.2) is 5.82 Å². The average molecular weight is 329 g/mol. The number of hydrogen-bond acceptors (Lipinski definition) is 6. The number of piperidine rings is 1. The normalized spacial score (nSPS) is 16.0. The highest BCUT2D eigenvalue weighted by atomic mass is 32.1. The molecule has 2 aromatic heterocycles. The quantitative estimate of drug-likeness (QED) is 0.737. The van der Waals surface area contributed by atoms with Gasteiger partial charge >= 0.3 is 0 Å². The summed E-state index contributed by atoms with van der Waals surface area (Å²) in [6.07, 6.45) is 3.89. The lowest BCUT2D eigenvalue weighted by atomic mass is 10.1. The molecule has 120 valence electrons. The fraction of sp³-hybridized carbons (Fsp3) is 0.438. The SMILES string of the molecule is COc1ccc(-c2nn3c(CN4CCCCC4)nnc3s2)cc1. The van der Waals surface area contributed by atoms with Crippen molar-refractivity contribution < 1.29 is 4.74 Å². The first kappa shape index (κ1) is 14.6. The van der Waals surface area contributed by atoms with Gasteiger partial charge in [0.25, 0.3) is 0 Å². The molecule has 0 aliphatic carbocycles. The smallest absolute Gasteiger partial charge is 0.235 e. The maximum atomic E-state index is 5.20. The van der Waals surface area contributed by atoms with Crippen LogP contribution in [0.3, 0.4) is 0 Å². The predicted octanol–water partition coefficient (Wildman–Crippen LogP) is 2.85. The van der Waals surface area contributed by atoms with E-state index in [0.717, 1.165) is 46.7 Å². The summed E-state index contributed by atoms with van der Waals surface area (Å²) in [4.78, 5) is 3.29. The molecule has 3 heterocycles. The topological polar surface area (TPSA) is 55.6 Å². The second-order valence-electron chi connectivity index (χ2n) is 5.78. The van der Waals surface area contributed by atoms with Gasteiger partial charge in [-0.15, -0.1) is 10.2 Å². The molecule has 0 spiro atoms. The zero-order valence-corrected chi connectivity index (χ0v) is 13.9. The summed E-state index contributed by atoms with van der Waals surface area (Å²) in [5.41, 5.74) is 1.07. The molecule has 1 saturated heterocycles. The van der Waals surface area contributed by atoms with E-state index >= 15 is 0 Å². The van der Waals surface area contributed by atoms with Crippen molar-refractivity contribution in [3.8, 4) is 16.3 Å². The zero-order chi connectivity index (χ0) is 15.6. The van der Waals surface area contributed by atoms with Crippen LogP contribution in [-0.4, -0.2) is 44.9 Å². The van der Waals surface area contributed by atoms with Crippen LogP contribution in [0.25, 0.3) is 15.5 Å². The third-order valence-electron chi connectivity index (χ3n) is 4.21. The Labute approximate surface area is 138 Å². The Hall–Kier alpha value is -1.99. The minimum atomic E-state index is 0.826. The molecule has 1 aliphatic heterocycles. The van der Waals surface area contributed by atoms with Crippen LogP contribution < -0.4 is 4.74 Å². The van der Waals surface area contributed by atoms with Crippen LogP contribution in [0, 0.1) is 0 Å². The van der Waals surface area contributed by atoms with Gasteiger partial charge in [-0.1, -0.05) is 17.8 Å². The van der Waals surface area contributed by atoms with Crippen LogP contribution >= 0.6 is 11.3 Å². The average Bonchev–Trinajstić information content (AvgIpc) is 3.18. The summed E-state index contributed by atoms with van der Waals surface area (Å²) < 4.78 is 7.09. The number of likely N-dealkylation sites (tertiary alicyclic amines) is 1. The Morgan fingerprint density at radius 1 is 1.09 bits per heavy atom. The molecular formula is C16H19N5OS. The molecule has 1 fully saturated rings. The third kappa shape index (κ3) is 2.94. The van der Waals surface area contributed by atoms with Gasteiger partial charge in [-0.25, -0.2) is 0 Å². The third-order valence-corrected chi connectivity index (χ3v) is 5.15. The van der Waals surface area contributed by atoms with Crippen LogP contribution in [0.5, 0.6) is 5.75 Å². The van der Waals surface area contributed by atoms with Crippen LogP contribution in [0.15, 0.2) is 24.3 Å². The molecule has 7 heteroatoms. The fourth-order valence-electron chi connectivity index (χ4n) is 2.92. The second-order valence-corrected chi connectivity index (χ2v) is 6.74. The lowest BCUT2D eigenvalue weighted by Crippen LogP contribution is -2.30. The van der Waals surface area contributed by atoms with E-state index in [1.807, 2.05) is 28.8 Å². The highest BCUT2D eigenvalue weighted by Gasteiger charge is 2.17. The van der Waals surface area contributed by atoms with Crippen molar-refractivity contribution >= 4 is 16.3 Å². The standard InChI is InChI=1S/C16H19N5OS/c1-22-13-7-5-12(6-8-13)15-19-21-14(17-18-16(21)23-15)11-20-9-3-2-4-10-20/h5-8H,2-4,9-11H2,1H3. The van der Waals surface area contributed by atoms with Crippen molar-refractivity contribution in [2.75, 3.05) is 20.2 Å². The Bertz CT molecular complexity index is 789. The number of methoxy groups -OCH3 is 1. The van der Waals surface area contributed by atoms with E-state index in [1.54, 1.807) is 18.4 Å². The Kier molecular flexibility index (Phi) is 3.97. The van der Waals surface area contributed by atoms with Gasteiger partial charge in [-0.3, -0.25) is 4.90 Å². The van der Waals surface area contributed by atoms with Crippen molar-refractivity contribution in [3.05, 3.63) is 30.1 Å². The molecule has 1 aromatic carbocycles. The first-order valence-electron chi connectivity index (χ1n) is 7.91. The van der Waals surface area contributed by atoms with Gasteiger partial charge in [0, 0.05) is 5.56 Å². The number of hydrogen-bond donors (Lipinski definition) is 0. The highest BCUT2D eigenvalue weighted by Crippen LogP contribution is 2.27. The number of nitrogens with zero attached hydrogens (tertiary/aromatic N) is 5. The Morgan fingerprint density at radius 2 is 1.87 bits per heavy atom. The van der Waals surface area contributed by atoms with E-state index in [-0.39, 0.29) is 0 Å². The molecule has 0 saturated carbocycles. The summed E-state index contributed by atoms with van der Waals surface area (Å²) >= 11 is 1.57. The van der Waals surface area contributed by atoms with Crippen molar-refractivity contribution in [1.29, 1.82) is 0 Å². The minimum absolute atomic E-state index is 0.826. The summed E-state index contributed by atoms with van der Waals surface area (Å²) in [6, 6.07) is 7.95. The maximum absolute atomic E-state index is 5.20. The van der Waals surface area contributed by atoms with E-state index in [9.17, 15) is 0 Å². The fourth-order valence-corrected chi connectivity index (χ4v) is 3.79. The summed E-state index contributed by atoms with van der Waals surface area (Å²) in [7, 11) is 1.67. The second kappa shape index (κ2) is 6.25. The summed E-state index contributed by atoms with van der Waals surface area (Å²) in [5.74, 6) is 1.78. The van der Waals surface area contributed by atoms with Gasteiger partial charge in [0.05, 0.1) is 13.7 Å². The van der Waals surface area contributed by atoms with Gasteiger partial charge in [0.2, 0.25) is 4.96 Å². The van der Waals surface area contributed by atoms with Crippen molar-refractivity contribution in [3.63, 3.8) is 0 Å². The molecule has 3 aromatic rings. The van der Waals surface area contributed by atoms with Gasteiger partial charge in [0.1, 0.15) is 10.8 Å². The van der Waals surface area contributed by atoms with E-state index in [0.29, 0.717) is 0 Å². The Morgan fingerprint density at radius 3 is 2.61 bits per heavy atom. The van der Waals surface area contributed by atoms with Gasteiger partial charge in [-0.2, -0.15) is 9.61 Å². The molecule has 1 aliphatic rings. The predicted molar refractivity (Wildman–Crippen MR) is 89.8 cm³/mol. The van der Waals surface area contributed by atoms with E-state index in [2.05, 4.69) is 15.1 Å². The lowest BCUT2D eigenvalue weighted by molar-refractivity contribution is 0.214. The molecular weight excluding hydrogens is 310 g/mol. The van der Waals surface area contributed by atoms with E-state index in [1.165, 1.54) is 19.3 Å². The Balaban J connectivity index is 1.60. The van der Waals surface area contributed by atoms with Crippen LogP contribution in [-0.2, 0) is 6.54 Å². The molecule has 4 rings (SSSR count). The molecule has 0 radical (unpaired) electrons. The van der Waals surface area contributed by atoms with E-state index in [4.69, 9.17) is 9.84 Å². The molecule has 6 nitrogen and oxygen atoms in total. The number of ether oxygens (including phenoxy) is 1. The highest BCUT2D eigenvalue weighted by molar-refractivity contribution is 7.19. The van der Waals surface area contributed by atoms with Crippen molar-refractivity contribution in [1.82, 2.24) is 24.7 Å². The van der Waals surface area contributed by atoms with E-state index < -0.39 is 0 Å². The van der Waals surface area contributed by atoms with Crippen LogP contribution in [0.1, 0.15) is 25.1 Å². The first-order chi connectivity index (χ1) is 11.3. The molecule has 23 heavy (non-hydrogen) atoms.